The molecular weight excluding hydrogens is 359 g/mol. The molecule has 0 saturated heterocycles. The molecule has 2 aromatic heterocycles. The molecule has 2 aliphatic rings. The Labute approximate surface area is 162 Å². The number of guanidine groups is 1. The van der Waals surface area contributed by atoms with E-state index in [1.54, 1.807) is 41.2 Å². The Kier molecular flexibility index (Phi) is 4.87. The summed E-state index contributed by atoms with van der Waals surface area (Å²) in [5.74, 6) is 6.44. The zero-order chi connectivity index (χ0) is 19.7. The van der Waals surface area contributed by atoms with E-state index in [1.165, 1.54) is 11.1 Å². The number of hydrogen-bond acceptors (Lipinski definition) is 4. The molecule has 4 N–H and O–H groups in total. The predicted octanol–water partition coefficient (Wildman–Crippen LogP) is 3.39. The van der Waals surface area contributed by atoms with Crippen molar-refractivity contribution in [3.05, 3.63) is 66.6 Å². The summed E-state index contributed by atoms with van der Waals surface area (Å²) >= 11 is 0. The topological polar surface area (TPSA) is 98.1 Å². The second kappa shape index (κ2) is 7.47. The van der Waals surface area contributed by atoms with Crippen LogP contribution in [0.5, 0.6) is 0 Å². The van der Waals surface area contributed by atoms with Crippen LogP contribution in [0.25, 0.3) is 11.5 Å². The summed E-state index contributed by atoms with van der Waals surface area (Å²) in [6.45, 7) is 3.79. The van der Waals surface area contributed by atoms with Crippen LogP contribution in [0.15, 0.2) is 64.7 Å². The van der Waals surface area contributed by atoms with Gasteiger partial charge in [0, 0.05) is 18.2 Å². The molecule has 28 heavy (non-hydrogen) atoms. The van der Waals surface area contributed by atoms with Crippen LogP contribution in [0.2, 0.25) is 0 Å². The SMILES string of the molecule is C=C/C=C(\N=C(N)N(N)C1CCC1)c1c(C2C=CC(F)=CC2)nc2occn12. The summed E-state index contributed by atoms with van der Waals surface area (Å²) in [5.41, 5.74) is 8.20. The van der Waals surface area contributed by atoms with Crippen molar-refractivity contribution in [1.29, 1.82) is 0 Å². The van der Waals surface area contributed by atoms with Crippen molar-refractivity contribution >= 4 is 17.5 Å². The molecule has 0 radical (unpaired) electrons. The van der Waals surface area contributed by atoms with Crippen LogP contribution in [0.3, 0.4) is 0 Å². The molecule has 0 aliphatic heterocycles. The lowest BCUT2D eigenvalue weighted by Gasteiger charge is -2.34. The smallest absolute Gasteiger partial charge is 0.306 e. The Morgan fingerprint density at radius 3 is 2.93 bits per heavy atom. The minimum Gasteiger partial charge on any atom is -0.432 e. The van der Waals surface area contributed by atoms with Gasteiger partial charge in [-0.05, 0) is 43.9 Å². The number of oxazole rings is 1. The van der Waals surface area contributed by atoms with E-state index in [1.807, 2.05) is 0 Å². The highest BCUT2D eigenvalue weighted by molar-refractivity contribution is 5.85. The summed E-state index contributed by atoms with van der Waals surface area (Å²) in [7, 11) is 0. The number of aliphatic imine (C=N–C) groups is 1. The average Bonchev–Trinajstić information content (AvgIpc) is 3.21. The minimum atomic E-state index is -0.246. The van der Waals surface area contributed by atoms with Gasteiger partial charge in [0.1, 0.15) is 12.1 Å². The van der Waals surface area contributed by atoms with E-state index < -0.39 is 0 Å². The monoisotopic (exact) mass is 382 g/mol. The molecule has 1 fully saturated rings. The molecule has 0 amide bonds. The molecule has 1 unspecified atom stereocenters. The summed E-state index contributed by atoms with van der Waals surface area (Å²) in [6.07, 6.45) is 15.1. The number of hydrogen-bond donors (Lipinski definition) is 2. The van der Waals surface area contributed by atoms with Gasteiger partial charge in [0.15, 0.2) is 0 Å². The standard InChI is InChI=1S/C20H23FN6O/c1-2-4-16(24-19(22)27(23)15-5-3-6-15)18-17(13-7-9-14(21)10-8-13)25-20-26(18)11-12-28-20/h2,4,7,9-13,15H,1,3,5-6,8,23H2,(H2,22,24)/b16-4-. The number of halogens is 1. The van der Waals surface area contributed by atoms with Crippen molar-refractivity contribution in [1.82, 2.24) is 14.4 Å². The predicted molar refractivity (Wildman–Crippen MR) is 107 cm³/mol. The highest BCUT2D eigenvalue weighted by Gasteiger charge is 2.27. The van der Waals surface area contributed by atoms with Crippen LogP contribution in [0, 0.1) is 0 Å². The van der Waals surface area contributed by atoms with Gasteiger partial charge in [-0.3, -0.25) is 9.41 Å². The molecule has 146 valence electrons. The Morgan fingerprint density at radius 2 is 2.29 bits per heavy atom. The molecule has 0 aromatic carbocycles. The molecule has 2 heterocycles. The maximum absolute atomic E-state index is 13.4. The first-order valence-electron chi connectivity index (χ1n) is 9.29. The Balaban J connectivity index is 1.77. The molecule has 7 nitrogen and oxygen atoms in total. The van der Waals surface area contributed by atoms with Crippen molar-refractivity contribution in [2.24, 2.45) is 16.6 Å². The third-order valence-corrected chi connectivity index (χ3v) is 5.18. The van der Waals surface area contributed by atoms with Gasteiger partial charge in [-0.15, -0.1) is 0 Å². The Morgan fingerprint density at radius 1 is 1.46 bits per heavy atom. The van der Waals surface area contributed by atoms with Gasteiger partial charge in [0.05, 0.1) is 17.1 Å². The van der Waals surface area contributed by atoms with Crippen molar-refractivity contribution in [3.8, 4) is 0 Å². The second-order valence-electron chi connectivity index (χ2n) is 6.94. The number of hydrazine groups is 1. The van der Waals surface area contributed by atoms with Gasteiger partial charge in [0.25, 0.3) is 0 Å². The number of imidazole rings is 1. The van der Waals surface area contributed by atoms with Crippen molar-refractivity contribution in [2.75, 3.05) is 0 Å². The van der Waals surface area contributed by atoms with E-state index >= 15 is 0 Å². The first kappa shape index (κ1) is 18.2. The first-order chi connectivity index (χ1) is 13.6. The summed E-state index contributed by atoms with van der Waals surface area (Å²) in [5, 5.41) is 1.52. The Hall–Kier alpha value is -3.13. The van der Waals surface area contributed by atoms with Crippen LogP contribution >= 0.6 is 0 Å². The number of rotatable bonds is 5. The maximum atomic E-state index is 13.4. The van der Waals surface area contributed by atoms with Crippen LogP contribution in [0.4, 0.5) is 4.39 Å². The van der Waals surface area contributed by atoms with E-state index in [9.17, 15) is 4.39 Å². The molecule has 0 spiro atoms. The molecule has 1 atom stereocenters. The number of allylic oxidation sites excluding steroid dienone is 6. The summed E-state index contributed by atoms with van der Waals surface area (Å²) in [6, 6.07) is 0.210. The van der Waals surface area contributed by atoms with Crippen LogP contribution < -0.4 is 11.6 Å². The van der Waals surface area contributed by atoms with Crippen LogP contribution in [-0.4, -0.2) is 26.4 Å². The van der Waals surface area contributed by atoms with Gasteiger partial charge in [-0.25, -0.2) is 15.2 Å². The van der Waals surface area contributed by atoms with Gasteiger partial charge < -0.3 is 10.2 Å². The van der Waals surface area contributed by atoms with Gasteiger partial charge in [0.2, 0.25) is 5.96 Å². The highest BCUT2D eigenvalue weighted by Crippen LogP contribution is 2.34. The molecule has 2 aromatic rings. The van der Waals surface area contributed by atoms with Crippen molar-refractivity contribution in [3.63, 3.8) is 0 Å². The lowest BCUT2D eigenvalue weighted by Crippen LogP contribution is -2.52. The summed E-state index contributed by atoms with van der Waals surface area (Å²) in [4.78, 5) is 9.18. The van der Waals surface area contributed by atoms with E-state index in [-0.39, 0.29) is 23.7 Å². The third-order valence-electron chi connectivity index (χ3n) is 5.18. The Bertz CT molecular complexity index is 1010. The first-order valence-corrected chi connectivity index (χ1v) is 9.29. The molecule has 8 heteroatoms. The third kappa shape index (κ3) is 3.27. The second-order valence-corrected chi connectivity index (χ2v) is 6.94. The molecule has 0 bridgehead atoms. The number of nitrogens with two attached hydrogens (primary N) is 2. The van der Waals surface area contributed by atoms with Crippen LogP contribution in [0.1, 0.15) is 43.0 Å². The van der Waals surface area contributed by atoms with Gasteiger partial charge in [-0.1, -0.05) is 18.7 Å². The van der Waals surface area contributed by atoms with Crippen LogP contribution in [-0.2, 0) is 0 Å². The molecule has 1 saturated carbocycles. The maximum Gasteiger partial charge on any atom is 0.306 e. The molecule has 4 rings (SSSR count). The quantitative estimate of drug-likeness (QED) is 0.272. The summed E-state index contributed by atoms with van der Waals surface area (Å²) < 4.78 is 20.7. The largest absolute Gasteiger partial charge is 0.432 e. The van der Waals surface area contributed by atoms with E-state index in [0.717, 1.165) is 30.7 Å². The van der Waals surface area contributed by atoms with Gasteiger partial charge in [-0.2, -0.15) is 4.98 Å². The minimum absolute atomic E-state index is 0.102. The van der Waals surface area contributed by atoms with E-state index in [4.69, 9.17) is 16.0 Å². The fourth-order valence-electron chi connectivity index (χ4n) is 3.43. The lowest BCUT2D eigenvalue weighted by atomic mass is 9.93. The number of aromatic nitrogens is 2. The molecule has 2 aliphatic carbocycles. The zero-order valence-electron chi connectivity index (χ0n) is 15.5. The number of nitrogens with zero attached hydrogens (tertiary/aromatic N) is 4. The van der Waals surface area contributed by atoms with E-state index in [2.05, 4.69) is 16.6 Å². The average molecular weight is 382 g/mol. The van der Waals surface area contributed by atoms with E-state index in [0.29, 0.717) is 18.0 Å². The zero-order valence-corrected chi connectivity index (χ0v) is 15.5. The molecular formula is C20H23FN6O. The highest BCUT2D eigenvalue weighted by atomic mass is 19.1. The normalized spacial score (nSPS) is 20.9. The van der Waals surface area contributed by atoms with Crippen molar-refractivity contribution in [2.45, 2.75) is 37.6 Å². The van der Waals surface area contributed by atoms with Crippen molar-refractivity contribution < 1.29 is 8.81 Å². The fraction of sp³-hybridized carbons (Fsp3) is 0.300. The van der Waals surface area contributed by atoms with Gasteiger partial charge >= 0.3 is 5.84 Å². The fourth-order valence-corrected chi connectivity index (χ4v) is 3.43. The number of fused-ring (bicyclic) bond motifs is 1. The lowest BCUT2D eigenvalue weighted by molar-refractivity contribution is 0.210.